The lowest BCUT2D eigenvalue weighted by molar-refractivity contribution is 0.443. The van der Waals surface area contributed by atoms with Crippen molar-refractivity contribution >= 4 is 36.4 Å². The van der Waals surface area contributed by atoms with Crippen molar-refractivity contribution in [3.05, 3.63) is 119 Å². The summed E-state index contributed by atoms with van der Waals surface area (Å²) in [4.78, 5) is 0. The zero-order valence-electron chi connectivity index (χ0n) is 22.0. The number of nitrogens with zero attached hydrogens (tertiary/aromatic N) is 2. The molecule has 41 heavy (non-hydrogen) atoms. The molecule has 0 aliphatic heterocycles. The number of nitriles is 1. The molecule has 1 unspecified atom stereocenters. The predicted molar refractivity (Wildman–Crippen MR) is 158 cm³/mol. The Balaban J connectivity index is 1.66. The van der Waals surface area contributed by atoms with Gasteiger partial charge < -0.3 is 4.57 Å². The maximum atomic E-state index is 15.5. The number of para-hydroxylation sites is 2. The molecule has 7 rings (SSSR count). The first-order chi connectivity index (χ1) is 19.7. The van der Waals surface area contributed by atoms with Crippen molar-refractivity contribution in [2.75, 3.05) is 0 Å². The first-order valence-corrected chi connectivity index (χ1v) is 13.6. The van der Waals surface area contributed by atoms with Crippen molar-refractivity contribution in [2.24, 2.45) is 0 Å². The third-order valence-corrected chi connectivity index (χ3v) is 8.83. The van der Waals surface area contributed by atoms with Crippen LogP contribution in [0, 0.1) is 34.6 Å². The summed E-state index contributed by atoms with van der Waals surface area (Å²) in [6, 6.07) is 26.6. The van der Waals surface area contributed by atoms with Crippen LogP contribution in [0.15, 0.2) is 78.9 Å². The average Bonchev–Trinajstić information content (AvgIpc) is 3.42. The van der Waals surface area contributed by atoms with E-state index in [1.165, 1.54) is 17.7 Å². The lowest BCUT2D eigenvalue weighted by Gasteiger charge is -2.22. The summed E-state index contributed by atoms with van der Waals surface area (Å²) in [6.45, 7) is 4.30. The minimum atomic E-state index is -1.78. The van der Waals surface area contributed by atoms with Gasteiger partial charge in [-0.1, -0.05) is 77.7 Å². The normalized spacial score (nSPS) is 13.4. The van der Waals surface area contributed by atoms with Crippen LogP contribution in [0.3, 0.4) is 0 Å². The molecule has 200 valence electrons. The molecule has 1 atom stereocenters. The first-order valence-electron chi connectivity index (χ1n) is 13.0. The third-order valence-electron chi connectivity index (χ3n) is 8.32. The minimum absolute atomic E-state index is 0.0626. The molecule has 7 heteroatoms. The topological polar surface area (TPSA) is 28.7 Å². The second-order valence-electron chi connectivity index (χ2n) is 10.8. The molecular formula is C34H21F4N2P. The summed E-state index contributed by atoms with van der Waals surface area (Å²) in [5, 5.41) is 11.2. The van der Waals surface area contributed by atoms with Crippen LogP contribution in [-0.2, 0) is 5.41 Å². The van der Waals surface area contributed by atoms with Crippen molar-refractivity contribution in [3.8, 4) is 34.0 Å². The molecule has 6 aromatic rings. The van der Waals surface area contributed by atoms with Crippen molar-refractivity contribution in [2.45, 2.75) is 19.3 Å². The molecule has 1 aromatic heterocycles. The van der Waals surface area contributed by atoms with Gasteiger partial charge in [-0.2, -0.15) is 5.26 Å². The van der Waals surface area contributed by atoms with E-state index in [-0.39, 0.29) is 22.2 Å². The third kappa shape index (κ3) is 3.33. The Bertz CT molecular complexity index is 2120. The van der Waals surface area contributed by atoms with Gasteiger partial charge in [0, 0.05) is 27.1 Å². The Morgan fingerprint density at radius 3 is 2.17 bits per heavy atom. The highest BCUT2D eigenvalue weighted by Gasteiger charge is 2.36. The van der Waals surface area contributed by atoms with Crippen LogP contribution in [-0.4, -0.2) is 4.57 Å². The summed E-state index contributed by atoms with van der Waals surface area (Å²) in [5.41, 5.74) is 5.12. The van der Waals surface area contributed by atoms with E-state index in [1.54, 1.807) is 19.9 Å². The molecular weight excluding hydrogens is 543 g/mol. The number of fused-ring (bicyclic) bond motifs is 6. The highest BCUT2D eigenvalue weighted by molar-refractivity contribution is 7.27. The van der Waals surface area contributed by atoms with Crippen LogP contribution < -0.4 is 5.30 Å². The minimum Gasteiger partial charge on any atom is -0.307 e. The smallest absolute Gasteiger partial charge is 0.195 e. The fourth-order valence-electron chi connectivity index (χ4n) is 6.37. The molecule has 0 N–H and O–H groups in total. The zero-order chi connectivity index (χ0) is 28.8. The van der Waals surface area contributed by atoms with Gasteiger partial charge in [0.1, 0.15) is 11.9 Å². The zero-order valence-corrected chi connectivity index (χ0v) is 23.1. The van der Waals surface area contributed by atoms with Crippen LogP contribution in [0.2, 0.25) is 0 Å². The fourth-order valence-corrected chi connectivity index (χ4v) is 6.64. The molecule has 0 saturated carbocycles. The van der Waals surface area contributed by atoms with E-state index in [1.807, 2.05) is 36.4 Å². The molecule has 1 aliphatic rings. The van der Waals surface area contributed by atoms with Gasteiger partial charge in [0.05, 0.1) is 27.8 Å². The second kappa shape index (κ2) is 8.77. The van der Waals surface area contributed by atoms with E-state index in [0.717, 1.165) is 33.0 Å². The Labute approximate surface area is 235 Å². The van der Waals surface area contributed by atoms with Gasteiger partial charge in [0.15, 0.2) is 17.5 Å². The van der Waals surface area contributed by atoms with Crippen LogP contribution in [0.1, 0.15) is 30.5 Å². The highest BCUT2D eigenvalue weighted by Crippen LogP contribution is 2.51. The molecule has 2 nitrogen and oxygen atoms in total. The van der Waals surface area contributed by atoms with E-state index in [0.29, 0.717) is 5.52 Å². The van der Waals surface area contributed by atoms with Crippen molar-refractivity contribution in [3.63, 3.8) is 0 Å². The van der Waals surface area contributed by atoms with Crippen molar-refractivity contribution in [1.82, 2.24) is 4.57 Å². The molecule has 0 bridgehead atoms. The van der Waals surface area contributed by atoms with E-state index in [9.17, 15) is 14.0 Å². The Kier molecular flexibility index (Phi) is 5.45. The molecule has 0 fully saturated rings. The Morgan fingerprint density at radius 2 is 1.39 bits per heavy atom. The van der Waals surface area contributed by atoms with Crippen LogP contribution in [0.4, 0.5) is 17.6 Å². The molecule has 1 heterocycles. The van der Waals surface area contributed by atoms with Crippen LogP contribution >= 0.6 is 9.24 Å². The summed E-state index contributed by atoms with van der Waals surface area (Å²) in [7, 11) is 1.81. The van der Waals surface area contributed by atoms with E-state index in [2.05, 4.69) is 44.2 Å². The lowest BCUT2D eigenvalue weighted by atomic mass is 9.82. The maximum Gasteiger partial charge on any atom is 0.195 e. The summed E-state index contributed by atoms with van der Waals surface area (Å²) in [6.07, 6.45) is 0. The molecule has 5 aromatic carbocycles. The average molecular weight is 565 g/mol. The van der Waals surface area contributed by atoms with E-state index < -0.39 is 34.1 Å². The Hall–Kier alpha value is -4.46. The van der Waals surface area contributed by atoms with Crippen molar-refractivity contribution < 1.29 is 17.6 Å². The number of aromatic nitrogens is 1. The number of hydrogen-bond acceptors (Lipinski definition) is 1. The number of rotatable bonds is 2. The standard InChI is InChI=1S/C34H21F4N2P/c1-34(2)23-12-5-3-9-18(23)21-14-22-19-10-4-6-13-25(19)40(26(22)15-24(21)34)32-17(16-39)8-7-11-20(32)27-28(35)30(37)31(38)33(41)29(27)36/h3-15H,41H2,1-2H3. The molecule has 0 saturated heterocycles. The summed E-state index contributed by atoms with van der Waals surface area (Å²) < 4.78 is 61.6. The highest BCUT2D eigenvalue weighted by atomic mass is 31.0. The second-order valence-corrected chi connectivity index (χ2v) is 11.4. The van der Waals surface area contributed by atoms with Crippen molar-refractivity contribution in [1.29, 1.82) is 5.26 Å². The summed E-state index contributed by atoms with van der Waals surface area (Å²) >= 11 is 0. The fraction of sp³-hybridized carbons (Fsp3) is 0.0882. The SMILES string of the molecule is CC1(C)c2ccccc2-c2cc3c4ccccc4n(-c4c(C#N)cccc4-c4c(F)c(F)c(F)c(P)c4F)c3cc21. The quantitative estimate of drug-likeness (QED) is 0.0895. The maximum absolute atomic E-state index is 15.5. The number of hydrogen-bond donors (Lipinski definition) is 0. The van der Waals surface area contributed by atoms with E-state index >= 15 is 8.78 Å². The van der Waals surface area contributed by atoms with Gasteiger partial charge in [-0.15, -0.1) is 0 Å². The molecule has 0 amide bonds. The van der Waals surface area contributed by atoms with Crippen LogP contribution in [0.25, 0.3) is 49.7 Å². The van der Waals surface area contributed by atoms with E-state index in [4.69, 9.17) is 0 Å². The number of halogens is 4. The van der Waals surface area contributed by atoms with Crippen LogP contribution in [0.5, 0.6) is 0 Å². The van der Waals surface area contributed by atoms with Gasteiger partial charge in [-0.3, -0.25) is 0 Å². The van der Waals surface area contributed by atoms with Gasteiger partial charge >= 0.3 is 0 Å². The monoisotopic (exact) mass is 564 g/mol. The molecule has 0 spiro atoms. The Morgan fingerprint density at radius 1 is 0.683 bits per heavy atom. The van der Waals surface area contributed by atoms with Gasteiger partial charge in [-0.05, 0) is 46.5 Å². The first kappa shape index (κ1) is 25.5. The predicted octanol–water partition coefficient (Wildman–Crippen LogP) is 8.69. The number of benzene rings is 5. The lowest BCUT2D eigenvalue weighted by Crippen LogP contribution is -2.15. The van der Waals surface area contributed by atoms with Gasteiger partial charge in [0.25, 0.3) is 0 Å². The van der Waals surface area contributed by atoms with Gasteiger partial charge in [-0.25, -0.2) is 17.6 Å². The molecule has 1 aliphatic carbocycles. The summed E-state index contributed by atoms with van der Waals surface area (Å²) in [5.74, 6) is -6.29. The molecule has 0 radical (unpaired) electrons. The largest absolute Gasteiger partial charge is 0.307 e. The van der Waals surface area contributed by atoms with Gasteiger partial charge in [0.2, 0.25) is 0 Å².